The molecule has 0 spiro atoms. The van der Waals surface area contributed by atoms with Crippen LogP contribution < -0.4 is 19.1 Å². The Hall–Kier alpha value is -3.76. The van der Waals surface area contributed by atoms with Gasteiger partial charge in [0, 0.05) is 24.2 Å². The molecule has 0 radical (unpaired) electrons. The molecule has 0 fully saturated rings. The van der Waals surface area contributed by atoms with Crippen molar-refractivity contribution in [2.75, 3.05) is 30.6 Å². The fraction of sp³-hybridized carbons (Fsp3) is 0.333. The van der Waals surface area contributed by atoms with Crippen LogP contribution in [0, 0.1) is 0 Å². The van der Waals surface area contributed by atoms with Gasteiger partial charge in [0.1, 0.15) is 25.8 Å². The Labute approximate surface area is 246 Å². The lowest BCUT2D eigenvalue weighted by atomic mass is 10.1. The van der Waals surface area contributed by atoms with Crippen molar-refractivity contribution in [1.29, 1.82) is 0 Å². The van der Waals surface area contributed by atoms with Gasteiger partial charge < -0.3 is 19.7 Å². The van der Waals surface area contributed by atoms with Crippen LogP contribution in [-0.4, -0.2) is 57.5 Å². The van der Waals surface area contributed by atoms with Gasteiger partial charge in [-0.15, -0.1) is 0 Å². The van der Waals surface area contributed by atoms with E-state index in [9.17, 15) is 18.0 Å². The van der Waals surface area contributed by atoms with Crippen molar-refractivity contribution in [3.63, 3.8) is 0 Å². The molecule has 0 aliphatic carbocycles. The summed E-state index contributed by atoms with van der Waals surface area (Å²) in [4.78, 5) is 28.5. The topological polar surface area (TPSA) is 105 Å². The second-order valence-corrected chi connectivity index (χ2v) is 11.9. The number of benzene rings is 3. The molecule has 3 aromatic rings. The van der Waals surface area contributed by atoms with Crippen LogP contribution in [-0.2, 0) is 26.2 Å². The van der Waals surface area contributed by atoms with E-state index >= 15 is 0 Å². The standard InChI is InChI=1S/C30H34ClN3O6S/c1-3-4-15-32-30(36)22(2)33(20-23-9-8-10-24(31)18-23)29(35)21-34(41(37,38)26-11-6-5-7-12-26)25-13-14-27-28(19-25)40-17-16-39-27/h5-14,18-19,22H,3-4,15-17,20-21H2,1-2H3,(H,32,36). The Morgan fingerprint density at radius 1 is 0.976 bits per heavy atom. The number of ether oxygens (including phenoxy) is 2. The minimum Gasteiger partial charge on any atom is -0.486 e. The highest BCUT2D eigenvalue weighted by atomic mass is 35.5. The number of carbonyl (C=O) groups is 2. The molecule has 1 atom stereocenters. The largest absolute Gasteiger partial charge is 0.486 e. The number of rotatable bonds is 12. The first-order valence-electron chi connectivity index (χ1n) is 13.5. The molecule has 4 rings (SSSR count). The third-order valence-corrected chi connectivity index (χ3v) is 8.69. The average molecular weight is 600 g/mol. The zero-order valence-electron chi connectivity index (χ0n) is 23.1. The lowest BCUT2D eigenvalue weighted by Gasteiger charge is -2.32. The molecule has 1 heterocycles. The number of nitrogens with one attached hydrogen (secondary N) is 1. The maximum Gasteiger partial charge on any atom is 0.264 e. The summed E-state index contributed by atoms with van der Waals surface area (Å²) in [7, 11) is -4.18. The van der Waals surface area contributed by atoms with Crippen LogP contribution in [0.2, 0.25) is 5.02 Å². The SMILES string of the molecule is CCCCNC(=O)C(C)N(Cc1cccc(Cl)c1)C(=O)CN(c1ccc2c(c1)OCCO2)S(=O)(=O)c1ccccc1. The number of halogens is 1. The van der Waals surface area contributed by atoms with Gasteiger partial charge in [0.15, 0.2) is 11.5 Å². The fourth-order valence-electron chi connectivity index (χ4n) is 4.39. The molecule has 41 heavy (non-hydrogen) atoms. The minimum absolute atomic E-state index is 0.0226. The number of hydrogen-bond donors (Lipinski definition) is 1. The van der Waals surface area contributed by atoms with Gasteiger partial charge in [0.2, 0.25) is 11.8 Å². The van der Waals surface area contributed by atoms with Gasteiger partial charge >= 0.3 is 0 Å². The number of amides is 2. The van der Waals surface area contributed by atoms with Crippen molar-refractivity contribution in [2.24, 2.45) is 0 Å². The molecule has 3 aromatic carbocycles. The predicted octanol–water partition coefficient (Wildman–Crippen LogP) is 4.64. The van der Waals surface area contributed by atoms with Gasteiger partial charge in [-0.1, -0.05) is 55.3 Å². The van der Waals surface area contributed by atoms with Crippen molar-refractivity contribution in [3.05, 3.63) is 83.4 Å². The van der Waals surface area contributed by atoms with E-state index in [4.69, 9.17) is 21.1 Å². The maximum absolute atomic E-state index is 14.0. The highest BCUT2D eigenvalue weighted by Gasteiger charge is 2.33. The molecule has 1 aliphatic heterocycles. The molecule has 0 saturated carbocycles. The number of fused-ring (bicyclic) bond motifs is 1. The second-order valence-electron chi connectivity index (χ2n) is 9.62. The second kappa shape index (κ2) is 13.7. The van der Waals surface area contributed by atoms with Crippen LogP contribution in [0.15, 0.2) is 77.7 Å². The summed E-state index contributed by atoms with van der Waals surface area (Å²) in [6, 6.07) is 18.7. The maximum atomic E-state index is 14.0. The Kier molecular flexibility index (Phi) is 10.1. The van der Waals surface area contributed by atoms with Crippen LogP contribution in [0.5, 0.6) is 11.5 Å². The Morgan fingerprint density at radius 2 is 1.71 bits per heavy atom. The lowest BCUT2D eigenvalue weighted by Crippen LogP contribution is -2.51. The summed E-state index contributed by atoms with van der Waals surface area (Å²) in [5, 5.41) is 3.36. The first-order valence-corrected chi connectivity index (χ1v) is 15.3. The van der Waals surface area contributed by atoms with Gasteiger partial charge in [0.25, 0.3) is 10.0 Å². The van der Waals surface area contributed by atoms with E-state index < -0.39 is 28.5 Å². The van der Waals surface area contributed by atoms with Gasteiger partial charge in [-0.05, 0) is 55.3 Å². The summed E-state index contributed by atoms with van der Waals surface area (Å²) in [6.07, 6.45) is 1.70. The van der Waals surface area contributed by atoms with Crippen LogP contribution in [0.1, 0.15) is 32.3 Å². The minimum atomic E-state index is -4.18. The highest BCUT2D eigenvalue weighted by Crippen LogP contribution is 2.36. The van der Waals surface area contributed by atoms with E-state index in [0.29, 0.717) is 41.8 Å². The van der Waals surface area contributed by atoms with E-state index in [1.807, 2.05) is 6.92 Å². The van der Waals surface area contributed by atoms with E-state index in [1.165, 1.54) is 17.0 Å². The van der Waals surface area contributed by atoms with Crippen LogP contribution in [0.4, 0.5) is 5.69 Å². The Morgan fingerprint density at radius 3 is 2.41 bits per heavy atom. The average Bonchev–Trinajstić information content (AvgIpc) is 2.98. The summed E-state index contributed by atoms with van der Waals surface area (Å²) in [6.45, 7) is 4.33. The Balaban J connectivity index is 1.71. The van der Waals surface area contributed by atoms with Crippen molar-refractivity contribution in [3.8, 4) is 11.5 Å². The molecule has 1 N–H and O–H groups in total. The molecule has 218 valence electrons. The summed E-state index contributed by atoms with van der Waals surface area (Å²) >= 11 is 6.19. The number of unbranched alkanes of at least 4 members (excludes halogenated alkanes) is 1. The van der Waals surface area contributed by atoms with Crippen molar-refractivity contribution < 1.29 is 27.5 Å². The van der Waals surface area contributed by atoms with Crippen molar-refractivity contribution >= 4 is 39.1 Å². The molecule has 1 unspecified atom stereocenters. The number of anilines is 1. The van der Waals surface area contributed by atoms with E-state index in [1.54, 1.807) is 67.6 Å². The van der Waals surface area contributed by atoms with Gasteiger partial charge in [-0.2, -0.15) is 0 Å². The predicted molar refractivity (Wildman–Crippen MR) is 158 cm³/mol. The zero-order chi connectivity index (χ0) is 29.4. The summed E-state index contributed by atoms with van der Waals surface area (Å²) in [5.74, 6) is -0.0135. The lowest BCUT2D eigenvalue weighted by molar-refractivity contribution is -0.139. The number of nitrogens with zero attached hydrogens (tertiary/aromatic N) is 2. The first kappa shape index (κ1) is 30.2. The molecule has 0 bridgehead atoms. The van der Waals surface area contributed by atoms with E-state index in [-0.39, 0.29) is 23.0 Å². The zero-order valence-corrected chi connectivity index (χ0v) is 24.7. The number of sulfonamides is 1. The quantitative estimate of drug-likeness (QED) is 0.304. The van der Waals surface area contributed by atoms with E-state index in [2.05, 4.69) is 5.32 Å². The smallest absolute Gasteiger partial charge is 0.264 e. The Bertz CT molecular complexity index is 1470. The van der Waals surface area contributed by atoms with Crippen LogP contribution >= 0.6 is 11.6 Å². The first-order chi connectivity index (χ1) is 19.7. The molecule has 1 aliphatic rings. The normalized spacial score (nSPS) is 13.2. The molecule has 11 heteroatoms. The molecule has 0 saturated heterocycles. The summed E-state index contributed by atoms with van der Waals surface area (Å²) in [5.41, 5.74) is 0.935. The third-order valence-electron chi connectivity index (χ3n) is 6.66. The highest BCUT2D eigenvalue weighted by molar-refractivity contribution is 7.92. The monoisotopic (exact) mass is 599 g/mol. The number of carbonyl (C=O) groups excluding carboxylic acids is 2. The molecule has 2 amide bonds. The molecular formula is C30H34ClN3O6S. The van der Waals surface area contributed by atoms with Gasteiger partial charge in [-0.3, -0.25) is 13.9 Å². The van der Waals surface area contributed by atoms with Gasteiger partial charge in [-0.25, -0.2) is 8.42 Å². The molecule has 9 nitrogen and oxygen atoms in total. The summed E-state index contributed by atoms with van der Waals surface area (Å²) < 4.78 is 40.2. The molecule has 0 aromatic heterocycles. The van der Waals surface area contributed by atoms with Gasteiger partial charge in [0.05, 0.1) is 10.6 Å². The van der Waals surface area contributed by atoms with Crippen LogP contribution in [0.25, 0.3) is 0 Å². The van der Waals surface area contributed by atoms with E-state index in [0.717, 1.165) is 17.1 Å². The van der Waals surface area contributed by atoms with Crippen LogP contribution in [0.3, 0.4) is 0 Å². The number of hydrogen-bond acceptors (Lipinski definition) is 6. The fourth-order valence-corrected chi connectivity index (χ4v) is 6.03. The van der Waals surface area contributed by atoms with Crippen molar-refractivity contribution in [1.82, 2.24) is 10.2 Å². The molecular weight excluding hydrogens is 566 g/mol. The third kappa shape index (κ3) is 7.51. The van der Waals surface area contributed by atoms with Crippen molar-refractivity contribution in [2.45, 2.75) is 44.2 Å².